The summed E-state index contributed by atoms with van der Waals surface area (Å²) in [7, 11) is 0. The van der Waals surface area contributed by atoms with E-state index in [-0.39, 0.29) is 0 Å². The van der Waals surface area contributed by atoms with Gasteiger partial charge in [-0.1, -0.05) is 0 Å². The molecule has 0 bridgehead atoms. The van der Waals surface area contributed by atoms with Crippen molar-refractivity contribution in [2.24, 2.45) is 0 Å². The van der Waals surface area contributed by atoms with Crippen LogP contribution in [0.5, 0.6) is 0 Å². The average Bonchev–Trinajstić information content (AvgIpc) is 1.83. The Morgan fingerprint density at radius 2 is 1.23 bits per heavy atom. The molecule has 0 heterocycles. The molecule has 0 aromatic heterocycles. The van der Waals surface area contributed by atoms with E-state index in [1.807, 2.05) is 0 Å². The van der Waals surface area contributed by atoms with E-state index in [2.05, 4.69) is 0 Å². The summed E-state index contributed by atoms with van der Waals surface area (Å²) in [4.78, 5) is 0. The van der Waals surface area contributed by atoms with E-state index < -0.39 is 31.0 Å². The molecule has 0 radical (unpaired) electrons. The Morgan fingerprint density at radius 3 is 1.46 bits per heavy atom. The van der Waals surface area contributed by atoms with Crippen molar-refractivity contribution in [2.45, 2.75) is 24.4 Å². The van der Waals surface area contributed by atoms with Gasteiger partial charge in [0.05, 0.1) is 6.42 Å². The van der Waals surface area contributed by atoms with Gasteiger partial charge in [0.2, 0.25) is 0 Å². The molecule has 0 aliphatic carbocycles. The van der Waals surface area contributed by atoms with Crippen LogP contribution in [0.1, 0.15) is 6.42 Å². The number of hydrogen-bond donors (Lipinski definition) is 1. The van der Waals surface area contributed by atoms with E-state index in [1.165, 1.54) is 0 Å². The van der Waals surface area contributed by atoms with Gasteiger partial charge in [-0.3, -0.25) is 0 Å². The second-order valence-electron chi connectivity index (χ2n) is 2.39. The highest BCUT2D eigenvalue weighted by molar-refractivity contribution is 4.82. The molecule has 0 aliphatic rings. The molecule has 0 saturated heterocycles. The summed E-state index contributed by atoms with van der Waals surface area (Å²) in [6.45, 7) is -2.04. The minimum atomic E-state index is -6.02. The zero-order valence-corrected chi connectivity index (χ0v) is 6.01. The van der Waals surface area contributed by atoms with E-state index in [1.54, 1.807) is 0 Å². The molecule has 0 aromatic rings. The molecule has 0 atom stereocenters. The van der Waals surface area contributed by atoms with Crippen LogP contribution in [-0.2, 0) is 0 Å². The quantitative estimate of drug-likeness (QED) is 0.714. The second-order valence-corrected chi connectivity index (χ2v) is 2.39. The van der Waals surface area contributed by atoms with Crippen LogP contribution in [0.4, 0.5) is 30.7 Å². The predicted molar refractivity (Wildman–Crippen MR) is 27.7 cm³/mol. The van der Waals surface area contributed by atoms with Gasteiger partial charge in [0.25, 0.3) is 5.92 Å². The highest BCUT2D eigenvalue weighted by Gasteiger charge is 2.61. The van der Waals surface area contributed by atoms with Crippen LogP contribution < -0.4 is 0 Å². The van der Waals surface area contributed by atoms with Gasteiger partial charge >= 0.3 is 12.1 Å². The molecule has 8 heteroatoms. The number of aliphatic hydroxyl groups is 1. The summed E-state index contributed by atoms with van der Waals surface area (Å²) in [6, 6.07) is 0. The van der Waals surface area contributed by atoms with Crippen LogP contribution in [0, 0.1) is 0 Å². The van der Waals surface area contributed by atoms with Crippen LogP contribution in [0.2, 0.25) is 0 Å². The first-order chi connectivity index (χ1) is 5.52. The first kappa shape index (κ1) is 12.5. The zero-order valence-electron chi connectivity index (χ0n) is 6.01. The third-order valence-electron chi connectivity index (χ3n) is 1.13. The summed E-state index contributed by atoms with van der Waals surface area (Å²) in [5.41, 5.74) is 0. The van der Waals surface area contributed by atoms with E-state index in [9.17, 15) is 30.7 Å². The summed E-state index contributed by atoms with van der Waals surface area (Å²) >= 11 is 0. The van der Waals surface area contributed by atoms with Crippen LogP contribution in [0.15, 0.2) is 0 Å². The highest BCUT2D eigenvalue weighted by atomic mass is 19.4. The average molecular weight is 214 g/mol. The fourth-order valence-electron chi connectivity index (χ4n) is 0.481. The normalized spacial score (nSPS) is 14.8. The molecule has 13 heavy (non-hydrogen) atoms. The maximum absolute atomic E-state index is 11.9. The molecule has 0 amide bonds. The van der Waals surface area contributed by atoms with Crippen LogP contribution >= 0.6 is 0 Å². The lowest BCUT2D eigenvalue weighted by Crippen LogP contribution is -2.42. The van der Waals surface area contributed by atoms with Crippen molar-refractivity contribution in [1.82, 2.24) is 0 Å². The lowest BCUT2D eigenvalue weighted by molar-refractivity contribution is -0.302. The Labute approximate surface area is 68.2 Å². The van der Waals surface area contributed by atoms with Gasteiger partial charge in [0.1, 0.15) is 6.61 Å². The summed E-state index contributed by atoms with van der Waals surface area (Å²) in [5.74, 6) is -9.92. The van der Waals surface area contributed by atoms with E-state index in [0.29, 0.717) is 0 Å². The van der Waals surface area contributed by atoms with Gasteiger partial charge < -0.3 is 5.11 Å². The van der Waals surface area contributed by atoms with Crippen molar-refractivity contribution in [3.8, 4) is 0 Å². The van der Waals surface area contributed by atoms with Crippen LogP contribution in [0.3, 0.4) is 0 Å². The number of hydrogen-bond acceptors (Lipinski definition) is 1. The van der Waals surface area contributed by atoms with Crippen molar-refractivity contribution in [3.05, 3.63) is 0 Å². The minimum absolute atomic E-state index is 2.04. The molecule has 0 saturated carbocycles. The maximum atomic E-state index is 11.9. The second kappa shape index (κ2) is 3.32. The van der Waals surface area contributed by atoms with Crippen molar-refractivity contribution in [2.75, 3.05) is 6.61 Å². The van der Waals surface area contributed by atoms with Crippen molar-refractivity contribution < 1.29 is 35.8 Å². The van der Waals surface area contributed by atoms with Crippen molar-refractivity contribution in [3.63, 3.8) is 0 Å². The minimum Gasteiger partial charge on any atom is -0.390 e. The number of rotatable bonds is 3. The largest absolute Gasteiger partial charge is 0.453 e. The Morgan fingerprint density at radius 1 is 0.846 bits per heavy atom. The molecular formula is C5H5F7O. The first-order valence-electron chi connectivity index (χ1n) is 2.95. The third kappa shape index (κ3) is 3.37. The molecule has 0 fully saturated rings. The molecular weight excluding hydrogens is 209 g/mol. The molecule has 0 spiro atoms. The molecule has 0 aromatic carbocycles. The topological polar surface area (TPSA) is 20.2 Å². The summed E-state index contributed by atoms with van der Waals surface area (Å²) in [6.07, 6.45) is -8.76. The zero-order chi connectivity index (χ0) is 10.9. The number of aliphatic hydroxyl groups excluding tert-OH is 1. The first-order valence-corrected chi connectivity index (χ1v) is 2.95. The fraction of sp³-hybridized carbons (Fsp3) is 1.00. The van der Waals surface area contributed by atoms with Crippen LogP contribution in [0.25, 0.3) is 0 Å². The maximum Gasteiger partial charge on any atom is 0.453 e. The van der Waals surface area contributed by atoms with E-state index >= 15 is 0 Å². The fourth-order valence-corrected chi connectivity index (χ4v) is 0.481. The smallest absolute Gasteiger partial charge is 0.390 e. The molecule has 1 N–H and O–H groups in total. The van der Waals surface area contributed by atoms with Crippen molar-refractivity contribution >= 4 is 0 Å². The molecule has 0 aliphatic heterocycles. The standard InChI is InChI=1S/C5H5F7O/c6-3(7,2-13)1-4(8,9)5(10,11)12/h13H,1-2H2. The molecule has 80 valence electrons. The van der Waals surface area contributed by atoms with Crippen LogP contribution in [-0.4, -0.2) is 29.7 Å². The van der Waals surface area contributed by atoms with Gasteiger partial charge in [-0.25, -0.2) is 8.78 Å². The van der Waals surface area contributed by atoms with Crippen molar-refractivity contribution in [1.29, 1.82) is 0 Å². The third-order valence-corrected chi connectivity index (χ3v) is 1.13. The molecule has 1 nitrogen and oxygen atoms in total. The highest BCUT2D eigenvalue weighted by Crippen LogP contribution is 2.42. The van der Waals surface area contributed by atoms with Gasteiger partial charge in [-0.15, -0.1) is 0 Å². The Hall–Kier alpha value is -0.530. The predicted octanol–water partition coefficient (Wildman–Crippen LogP) is 2.20. The van der Waals surface area contributed by atoms with E-state index in [0.717, 1.165) is 0 Å². The van der Waals surface area contributed by atoms with Gasteiger partial charge in [-0.2, -0.15) is 22.0 Å². The molecule has 0 unspecified atom stereocenters. The van der Waals surface area contributed by atoms with Gasteiger partial charge in [0, 0.05) is 0 Å². The van der Waals surface area contributed by atoms with E-state index in [4.69, 9.17) is 5.11 Å². The SMILES string of the molecule is OCC(F)(F)CC(F)(F)C(F)(F)F. The Bertz CT molecular complexity index is 172. The number of halogens is 7. The van der Waals surface area contributed by atoms with Gasteiger partial charge in [0.15, 0.2) is 0 Å². The lowest BCUT2D eigenvalue weighted by atomic mass is 10.1. The lowest BCUT2D eigenvalue weighted by Gasteiger charge is -2.23. The summed E-state index contributed by atoms with van der Waals surface area (Å²) in [5, 5.41) is 7.77. The number of alkyl halides is 7. The Kier molecular flexibility index (Phi) is 3.18. The Balaban J connectivity index is 4.52. The molecule has 0 rings (SSSR count). The monoisotopic (exact) mass is 214 g/mol. The van der Waals surface area contributed by atoms with Gasteiger partial charge in [-0.05, 0) is 0 Å². The summed E-state index contributed by atoms with van der Waals surface area (Å²) < 4.78 is 81.7.